The normalized spacial score (nSPS) is 14.6. The second kappa shape index (κ2) is 26.5. The molecular formula is C70H78N8O13. The fraction of sp³-hybridized carbons (Fsp3) is 0.357. The number of aryl methyl sites for hydroxylation is 6. The zero-order valence-corrected chi connectivity index (χ0v) is 53.5. The van der Waals surface area contributed by atoms with Gasteiger partial charge in [0.1, 0.15) is 0 Å². The molecule has 16 bridgehead atoms. The predicted octanol–water partition coefficient (Wildman–Crippen LogP) is 13.4. The number of carboxylic acid groups (broad SMARTS) is 5. The summed E-state index contributed by atoms with van der Waals surface area (Å²) in [6.45, 7) is 24.0. The molecule has 476 valence electrons. The summed E-state index contributed by atoms with van der Waals surface area (Å²) in [6.07, 6.45) is -2.72. The predicted molar refractivity (Wildman–Crippen MR) is 351 cm³/mol. The molecule has 6 aromatic rings. The van der Waals surface area contributed by atoms with Gasteiger partial charge in [-0.05, 0) is 224 Å². The van der Waals surface area contributed by atoms with Gasteiger partial charge in [-0.1, -0.05) is 0 Å². The van der Waals surface area contributed by atoms with Crippen molar-refractivity contribution >= 4 is 119 Å². The van der Waals surface area contributed by atoms with Gasteiger partial charge in [-0.15, -0.1) is 0 Å². The maximum absolute atomic E-state index is 12.2. The van der Waals surface area contributed by atoms with Gasteiger partial charge in [0.25, 0.3) is 5.97 Å². The van der Waals surface area contributed by atoms with Crippen LogP contribution in [-0.4, -0.2) is 118 Å². The molecule has 6 aromatic heterocycles. The van der Waals surface area contributed by atoms with Crippen LogP contribution in [0.3, 0.4) is 0 Å². The molecule has 21 nitrogen and oxygen atoms in total. The monoisotopic (exact) mass is 1240 g/mol. The van der Waals surface area contributed by atoms with Crippen molar-refractivity contribution in [3.63, 3.8) is 0 Å². The number of carboxylic acids is 5. The van der Waals surface area contributed by atoms with E-state index in [1.807, 2.05) is 118 Å². The quantitative estimate of drug-likeness (QED) is 0.0381. The number of hydrogen-bond donors (Lipinski definition) is 11. The Morgan fingerprint density at radius 1 is 0.385 bits per heavy atom. The first-order valence-corrected chi connectivity index (χ1v) is 30.3. The first-order valence-electron chi connectivity index (χ1n) is 30.3. The molecule has 11 N–H and O–H groups in total. The van der Waals surface area contributed by atoms with Crippen LogP contribution in [0.15, 0.2) is 48.5 Å². The zero-order chi connectivity index (χ0) is 66.3. The fourth-order valence-corrected chi connectivity index (χ4v) is 13.0. The summed E-state index contributed by atoms with van der Waals surface area (Å²) >= 11 is 0. The largest absolute Gasteiger partial charge is 0.481 e. The smallest absolute Gasteiger partial charge is 0.303 e. The van der Waals surface area contributed by atoms with Crippen LogP contribution in [0.2, 0.25) is 0 Å². The maximum atomic E-state index is 12.2. The first kappa shape index (κ1) is 65.9. The lowest BCUT2D eigenvalue weighted by Gasteiger charge is -2.22. The van der Waals surface area contributed by atoms with Crippen LogP contribution in [0.1, 0.15) is 203 Å². The van der Waals surface area contributed by atoms with Gasteiger partial charge in [-0.2, -0.15) is 0 Å². The van der Waals surface area contributed by atoms with Gasteiger partial charge in [-0.3, -0.25) is 24.0 Å². The van der Waals surface area contributed by atoms with E-state index < -0.39 is 54.3 Å². The van der Waals surface area contributed by atoms with Crippen molar-refractivity contribution < 1.29 is 64.5 Å². The molecule has 4 atom stereocenters. The van der Waals surface area contributed by atoms with Crippen LogP contribution in [0.5, 0.6) is 0 Å². The average Bonchev–Trinajstić information content (AvgIpc) is 1.76. The minimum absolute atomic E-state index is 0.121. The SMILES string of the molecule is CC(=O)O.CC1=C(CCC(=O)O)c2cc3[nH]c(cc4nc(cc5[nH]c(cc1n2)c(C)c5C(C)OC(C)C1=C(C)c2cc5[nH]c(cc6nc(cc7[nH]c(cc1n2)c(C)c7CCC(=O)O)C(CCC(=O)O)=C6C)c(C)c5C(C)O)C(C)=C4C(C)O)c(C)c3CCC(=O)O. The highest BCUT2D eigenvalue weighted by molar-refractivity contribution is 5.99. The van der Waals surface area contributed by atoms with Gasteiger partial charge in [0.15, 0.2) is 0 Å². The van der Waals surface area contributed by atoms with E-state index in [0.29, 0.717) is 101 Å². The van der Waals surface area contributed by atoms with E-state index in [2.05, 4.69) is 19.9 Å². The topological polar surface area (TPSA) is 351 Å². The van der Waals surface area contributed by atoms with Crippen LogP contribution < -0.4 is 0 Å². The third-order valence-electron chi connectivity index (χ3n) is 17.7. The van der Waals surface area contributed by atoms with Crippen LogP contribution in [-0.2, 0) is 41.6 Å². The van der Waals surface area contributed by atoms with Gasteiger partial charge < -0.3 is 60.4 Å². The van der Waals surface area contributed by atoms with Crippen molar-refractivity contribution in [1.29, 1.82) is 0 Å². The van der Waals surface area contributed by atoms with Crippen LogP contribution in [0.4, 0.5) is 0 Å². The van der Waals surface area contributed by atoms with Gasteiger partial charge in [-0.25, -0.2) is 19.9 Å². The Morgan fingerprint density at radius 2 is 0.692 bits per heavy atom. The van der Waals surface area contributed by atoms with Crippen molar-refractivity contribution in [2.45, 2.75) is 166 Å². The third kappa shape index (κ3) is 13.6. The highest BCUT2D eigenvalue weighted by Crippen LogP contribution is 2.43. The van der Waals surface area contributed by atoms with Crippen molar-refractivity contribution in [2.24, 2.45) is 0 Å². The number of fused-ring (bicyclic) bond motifs is 16. The Bertz CT molecular complexity index is 4540. The molecule has 0 radical (unpaired) electrons. The minimum atomic E-state index is -0.958. The van der Waals surface area contributed by atoms with Crippen molar-refractivity contribution in [3.05, 3.63) is 139 Å². The summed E-state index contributed by atoms with van der Waals surface area (Å²) in [6, 6.07) is 15.3. The summed E-state index contributed by atoms with van der Waals surface area (Å²) in [4.78, 5) is 92.2. The number of carbonyl (C=O) groups is 5. The van der Waals surface area contributed by atoms with E-state index in [-0.39, 0.29) is 51.4 Å². The van der Waals surface area contributed by atoms with Crippen LogP contribution in [0, 0.1) is 27.7 Å². The maximum Gasteiger partial charge on any atom is 0.303 e. The molecule has 0 amide bonds. The second-order valence-electron chi connectivity index (χ2n) is 23.9. The second-order valence-corrected chi connectivity index (χ2v) is 23.9. The third-order valence-corrected chi connectivity index (χ3v) is 17.7. The van der Waals surface area contributed by atoms with E-state index in [0.717, 1.165) is 84.9 Å². The van der Waals surface area contributed by atoms with E-state index in [4.69, 9.17) is 34.6 Å². The molecule has 4 aliphatic heterocycles. The van der Waals surface area contributed by atoms with E-state index in [9.17, 15) is 49.8 Å². The van der Waals surface area contributed by atoms with Crippen molar-refractivity contribution in [1.82, 2.24) is 39.9 Å². The number of aliphatic hydroxyl groups excluding tert-OH is 2. The summed E-state index contributed by atoms with van der Waals surface area (Å²) < 4.78 is 7.26. The molecule has 0 fully saturated rings. The summed E-state index contributed by atoms with van der Waals surface area (Å²) in [5.74, 6) is -4.65. The van der Waals surface area contributed by atoms with Crippen LogP contribution in [0.25, 0.3) is 88.7 Å². The Morgan fingerprint density at radius 3 is 1.10 bits per heavy atom. The van der Waals surface area contributed by atoms with Crippen LogP contribution >= 0.6 is 0 Å². The number of nitrogens with one attached hydrogen (secondary N) is 4. The number of aliphatic carboxylic acids is 5. The lowest BCUT2D eigenvalue weighted by Crippen LogP contribution is -2.14. The molecule has 10 rings (SSSR count). The standard InChI is InChI=1S/C68H74N8O11.C2H4O2/c1-29-41(13-17-61(79)80)53-28-56-44(16-20-64(85)86)32(4)48(72-56)24-59-68(36(8)52(76-59)25-58-65(37(9)77)33(5)49(73-58)21-45(29)69-53)40(12)87-39(11)67-35(7)50-22-46-30(2)42(14-18-62(81)82)54(70-46)27-55-43(15-19-63(83)84)31(3)47(71-55)23-57-66(38(10)78)34(6)51(74-57)26-60(67)75-50;1-2(3)4/h21-28,37-40,71-73,75,77-78H,13-20H2,1-12H3,(H,79,80)(H,81,82)(H,83,84)(H,85,86);1H3,(H,3,4). The molecule has 4 unspecified atom stereocenters. The summed E-state index contributed by atoms with van der Waals surface area (Å²) in [5, 5.41) is 69.6. The van der Waals surface area contributed by atoms with Gasteiger partial charge in [0, 0.05) is 99.0 Å². The molecule has 91 heavy (non-hydrogen) atoms. The molecule has 0 saturated carbocycles. The molecule has 0 saturated heterocycles. The number of allylic oxidation sites excluding steroid dienone is 6. The number of ether oxygens (including phenoxy) is 1. The van der Waals surface area contributed by atoms with E-state index >= 15 is 0 Å². The summed E-state index contributed by atoms with van der Waals surface area (Å²) in [7, 11) is 0. The number of aromatic nitrogens is 8. The van der Waals surface area contributed by atoms with Crippen molar-refractivity contribution in [2.75, 3.05) is 0 Å². The Hall–Kier alpha value is -9.57. The summed E-state index contributed by atoms with van der Waals surface area (Å²) in [5.41, 5.74) is 22.4. The van der Waals surface area contributed by atoms with Crippen molar-refractivity contribution in [3.8, 4) is 0 Å². The van der Waals surface area contributed by atoms with Gasteiger partial charge in [0.2, 0.25) is 0 Å². The molecule has 4 aliphatic rings. The number of H-pyrrole nitrogens is 4. The lowest BCUT2D eigenvalue weighted by molar-refractivity contribution is -0.138. The Kier molecular flexibility index (Phi) is 19.2. The number of aromatic amines is 4. The highest BCUT2D eigenvalue weighted by Gasteiger charge is 2.30. The molecule has 0 aromatic carbocycles. The highest BCUT2D eigenvalue weighted by atomic mass is 16.5. The number of aliphatic hydroxyl groups is 2. The number of hydrogen-bond acceptors (Lipinski definition) is 12. The molecular weight excluding hydrogens is 1160 g/mol. The lowest BCUT2D eigenvalue weighted by atomic mass is 9.99. The van der Waals surface area contributed by atoms with E-state index in [1.54, 1.807) is 13.8 Å². The zero-order valence-electron chi connectivity index (χ0n) is 53.5. The molecule has 21 heteroatoms. The molecule has 0 spiro atoms. The van der Waals surface area contributed by atoms with E-state index in [1.165, 1.54) is 0 Å². The van der Waals surface area contributed by atoms with Gasteiger partial charge >= 0.3 is 23.9 Å². The molecule has 0 aliphatic carbocycles. The average molecular weight is 1240 g/mol. The first-order chi connectivity index (χ1) is 42.9. The fourth-order valence-electron chi connectivity index (χ4n) is 13.0. The number of rotatable bonds is 18. The Labute approximate surface area is 525 Å². The van der Waals surface area contributed by atoms with Gasteiger partial charge in [0.05, 0.1) is 70.0 Å². The Balaban J connectivity index is 0.00000238. The minimum Gasteiger partial charge on any atom is -0.481 e. The number of nitrogens with zero attached hydrogens (tertiary/aromatic N) is 4. The molecule has 10 heterocycles.